The third-order valence-corrected chi connectivity index (χ3v) is 8.83. The first-order valence-corrected chi connectivity index (χ1v) is 12.6. The number of aliphatic hydroxyl groups is 4. The van der Waals surface area contributed by atoms with Gasteiger partial charge in [0, 0.05) is 24.4 Å². The van der Waals surface area contributed by atoms with Gasteiger partial charge in [-0.3, -0.25) is 4.79 Å². The Morgan fingerprint density at radius 2 is 2.05 bits per heavy atom. The normalized spacial score (nSPS) is 43.6. The molecule has 0 saturated carbocycles. The third-order valence-electron chi connectivity index (χ3n) is 8.83. The van der Waals surface area contributed by atoms with Crippen LogP contribution in [-0.2, 0) is 30.8 Å². The Balaban J connectivity index is 1.43. The smallest absolute Gasteiger partial charge is 0.303 e. The van der Waals surface area contributed by atoms with Crippen molar-refractivity contribution in [1.29, 1.82) is 0 Å². The first-order valence-electron chi connectivity index (χ1n) is 12.6. The summed E-state index contributed by atoms with van der Waals surface area (Å²) in [5, 5.41) is 42.8. The van der Waals surface area contributed by atoms with Crippen LogP contribution in [0.25, 0.3) is 0 Å². The Labute approximate surface area is 214 Å². The van der Waals surface area contributed by atoms with Crippen molar-refractivity contribution in [3.05, 3.63) is 35.4 Å². The quantitative estimate of drug-likeness (QED) is 0.221. The number of hydrogen-bond donors (Lipinski definition) is 4. The zero-order chi connectivity index (χ0) is 26.3. The molecule has 1 aromatic rings. The first-order chi connectivity index (χ1) is 17.6. The van der Waals surface area contributed by atoms with E-state index in [1.54, 1.807) is 7.11 Å². The lowest BCUT2D eigenvalue weighted by Gasteiger charge is -2.58. The Hall–Kier alpha value is -2.25. The number of likely N-dealkylation sites (tertiary alicyclic amines) is 1. The highest BCUT2D eigenvalue weighted by Crippen LogP contribution is 2.64. The molecule has 2 aliphatic carbocycles. The Morgan fingerprint density at radius 3 is 2.76 bits per heavy atom. The molecule has 10 atom stereocenters. The van der Waals surface area contributed by atoms with E-state index in [0.29, 0.717) is 17.9 Å². The highest BCUT2D eigenvalue weighted by atomic mass is 16.8. The molecular formula is C26H33NO10. The predicted octanol–water partition coefficient (Wildman–Crippen LogP) is -0.784. The van der Waals surface area contributed by atoms with Crippen LogP contribution in [0.2, 0.25) is 0 Å². The number of esters is 1. The second-order valence-corrected chi connectivity index (χ2v) is 10.7. The van der Waals surface area contributed by atoms with Gasteiger partial charge in [-0.15, -0.1) is 0 Å². The maximum atomic E-state index is 12.1. The number of aliphatic hydroxyl groups excluding tert-OH is 3. The van der Waals surface area contributed by atoms with Gasteiger partial charge < -0.3 is 49.0 Å². The number of piperidine rings is 1. The summed E-state index contributed by atoms with van der Waals surface area (Å²) in [4.78, 5) is 14.1. The van der Waals surface area contributed by atoms with Crippen molar-refractivity contribution in [3.8, 4) is 11.5 Å². The summed E-state index contributed by atoms with van der Waals surface area (Å²) in [5.41, 5.74) is 1.54. The molecule has 5 aliphatic rings. The monoisotopic (exact) mass is 519 g/mol. The number of carbonyl (C=O) groups is 1. The molecule has 4 N–H and O–H groups in total. The molecule has 0 amide bonds. The second-order valence-electron chi connectivity index (χ2n) is 10.7. The number of carbonyl (C=O) groups excluding carboxylic acids is 1. The van der Waals surface area contributed by atoms with Crippen LogP contribution in [0.1, 0.15) is 24.5 Å². The molecule has 202 valence electrons. The molecule has 2 saturated heterocycles. The summed E-state index contributed by atoms with van der Waals surface area (Å²) in [6.07, 6.45) is -3.19. The van der Waals surface area contributed by atoms with Gasteiger partial charge in [-0.1, -0.05) is 12.1 Å². The van der Waals surface area contributed by atoms with Gasteiger partial charge in [0.2, 0.25) is 12.1 Å². The van der Waals surface area contributed by atoms with E-state index in [-0.39, 0.29) is 12.0 Å². The second kappa shape index (κ2) is 8.63. The molecular weight excluding hydrogens is 486 g/mol. The minimum absolute atomic E-state index is 0.0372. The molecule has 1 aromatic carbocycles. The van der Waals surface area contributed by atoms with Gasteiger partial charge >= 0.3 is 5.97 Å². The van der Waals surface area contributed by atoms with Crippen molar-refractivity contribution in [2.24, 2.45) is 5.92 Å². The topological polar surface area (TPSA) is 147 Å². The summed E-state index contributed by atoms with van der Waals surface area (Å²) in [6, 6.07) is 4.12. The summed E-state index contributed by atoms with van der Waals surface area (Å²) in [5.74, 6) is -1.61. The van der Waals surface area contributed by atoms with Crippen molar-refractivity contribution >= 4 is 5.97 Å². The molecule has 2 bridgehead atoms. The number of rotatable bonds is 5. The SMILES string of the molecule is COc1ccc2c3c1O[C@@H]1[C@]34CCN(C)[C@H](C2)[C@@H]4C=C[C@]1(O)O[C@@H]1O[C@H](CO)[C@@H](O)[C@H](O)[C@H]1OC(C)=O. The number of ether oxygens (including phenoxy) is 5. The van der Waals surface area contributed by atoms with Gasteiger partial charge in [0.15, 0.2) is 23.7 Å². The van der Waals surface area contributed by atoms with Gasteiger partial charge in [0.1, 0.15) is 18.3 Å². The zero-order valence-electron chi connectivity index (χ0n) is 20.9. The lowest BCUT2D eigenvalue weighted by atomic mass is 9.52. The van der Waals surface area contributed by atoms with E-state index in [4.69, 9.17) is 23.7 Å². The standard InChI is InChI=1S/C26H33NO10/c1-12(29)34-22-20(31)19(30)17(11-28)35-23(22)37-26(32)7-6-14-15-10-13-4-5-16(33-3)21-18(13)25(14,24(26)36-21)8-9-27(15)2/h4-7,14-15,17,19-20,22-24,28,30-32H,8-11H2,1-3H3/t14-,15+,17+,19+,20-,22+,23-,24+,25-,26-/m0/s1. The average Bonchev–Trinajstić information content (AvgIpc) is 3.23. The number of benzene rings is 1. The summed E-state index contributed by atoms with van der Waals surface area (Å²) >= 11 is 0. The van der Waals surface area contributed by atoms with E-state index in [2.05, 4.69) is 18.0 Å². The van der Waals surface area contributed by atoms with Crippen LogP contribution in [-0.4, -0.2) is 107 Å². The van der Waals surface area contributed by atoms with Gasteiger partial charge in [-0.2, -0.15) is 0 Å². The molecule has 0 aromatic heterocycles. The molecule has 2 fully saturated rings. The van der Waals surface area contributed by atoms with E-state index in [9.17, 15) is 25.2 Å². The highest BCUT2D eigenvalue weighted by Gasteiger charge is 2.69. The minimum Gasteiger partial charge on any atom is -0.493 e. The van der Waals surface area contributed by atoms with Gasteiger partial charge in [-0.05, 0) is 44.1 Å². The molecule has 37 heavy (non-hydrogen) atoms. The van der Waals surface area contributed by atoms with Gasteiger partial charge in [-0.25, -0.2) is 0 Å². The van der Waals surface area contributed by atoms with Crippen LogP contribution in [0, 0.1) is 5.92 Å². The third kappa shape index (κ3) is 3.42. The van der Waals surface area contributed by atoms with Gasteiger partial charge in [0.25, 0.3) is 0 Å². The Morgan fingerprint density at radius 1 is 1.27 bits per heavy atom. The lowest BCUT2D eigenvalue weighted by Crippen LogP contribution is -2.70. The van der Waals surface area contributed by atoms with E-state index >= 15 is 0 Å². The van der Waals surface area contributed by atoms with Crippen LogP contribution < -0.4 is 9.47 Å². The molecule has 11 heteroatoms. The molecule has 3 aliphatic heterocycles. The highest BCUT2D eigenvalue weighted by molar-refractivity contribution is 5.66. The maximum Gasteiger partial charge on any atom is 0.303 e. The van der Waals surface area contributed by atoms with Crippen LogP contribution in [0.15, 0.2) is 24.3 Å². The zero-order valence-corrected chi connectivity index (χ0v) is 20.9. The van der Waals surface area contributed by atoms with E-state index in [0.717, 1.165) is 31.0 Å². The number of likely N-dealkylation sites (N-methyl/N-ethyl adjacent to an activating group) is 1. The van der Waals surface area contributed by atoms with Crippen molar-refractivity contribution in [2.75, 3.05) is 27.3 Å². The number of hydrogen-bond acceptors (Lipinski definition) is 11. The van der Waals surface area contributed by atoms with Crippen LogP contribution >= 0.6 is 0 Å². The van der Waals surface area contributed by atoms with E-state index in [1.165, 1.54) is 6.08 Å². The molecule has 11 nitrogen and oxygen atoms in total. The largest absolute Gasteiger partial charge is 0.493 e. The van der Waals surface area contributed by atoms with Crippen molar-refractivity contribution < 1.29 is 48.9 Å². The van der Waals surface area contributed by atoms with Crippen LogP contribution in [0.4, 0.5) is 0 Å². The molecule has 6 rings (SSSR count). The predicted molar refractivity (Wildman–Crippen MR) is 126 cm³/mol. The van der Waals surface area contributed by atoms with E-state index in [1.807, 2.05) is 12.1 Å². The first kappa shape index (κ1) is 25.1. The van der Waals surface area contributed by atoms with Gasteiger partial charge in [0.05, 0.1) is 19.1 Å². The van der Waals surface area contributed by atoms with E-state index < -0.39 is 60.6 Å². The van der Waals surface area contributed by atoms with Crippen molar-refractivity contribution in [3.63, 3.8) is 0 Å². The summed E-state index contributed by atoms with van der Waals surface area (Å²) < 4.78 is 29.2. The number of methoxy groups -OCH3 is 1. The molecule has 0 unspecified atom stereocenters. The average molecular weight is 520 g/mol. The summed E-state index contributed by atoms with van der Waals surface area (Å²) in [6.45, 7) is 1.32. The molecule has 0 radical (unpaired) electrons. The molecule has 3 heterocycles. The van der Waals surface area contributed by atoms with Crippen LogP contribution in [0.3, 0.4) is 0 Å². The fraction of sp³-hybridized carbons (Fsp3) is 0.654. The summed E-state index contributed by atoms with van der Waals surface area (Å²) in [7, 11) is 3.67. The maximum absolute atomic E-state index is 12.1. The minimum atomic E-state index is -2.05. The fourth-order valence-corrected chi connectivity index (χ4v) is 7.17. The molecule has 1 spiro atoms. The fourth-order valence-electron chi connectivity index (χ4n) is 7.17. The number of nitrogens with zero attached hydrogens (tertiary/aromatic N) is 1. The van der Waals surface area contributed by atoms with Crippen molar-refractivity contribution in [1.82, 2.24) is 4.90 Å². The lowest BCUT2D eigenvalue weighted by molar-refractivity contribution is -0.368. The Kier molecular flexibility index (Phi) is 5.85. The van der Waals surface area contributed by atoms with Crippen LogP contribution in [0.5, 0.6) is 11.5 Å². The van der Waals surface area contributed by atoms with Crippen molar-refractivity contribution in [2.45, 2.75) is 73.8 Å². The Bertz CT molecular complexity index is 1130.